The maximum absolute atomic E-state index is 5.73. The van der Waals surface area contributed by atoms with Gasteiger partial charge in [-0.15, -0.1) is 0 Å². The molecule has 1 fully saturated rings. The zero-order valence-electron chi connectivity index (χ0n) is 11.5. The van der Waals surface area contributed by atoms with Crippen molar-refractivity contribution in [1.29, 1.82) is 0 Å². The molecule has 1 aromatic carbocycles. The van der Waals surface area contributed by atoms with Crippen LogP contribution in [0.4, 0.5) is 11.4 Å². The smallest absolute Gasteiger partial charge is 0.175 e. The molecule has 0 aromatic heterocycles. The number of benzene rings is 1. The first-order valence-electron chi connectivity index (χ1n) is 6.71. The number of nitrogen functional groups attached to an aromatic ring is 1. The molecule has 106 valence electrons. The van der Waals surface area contributed by atoms with Crippen LogP contribution >= 0.6 is 0 Å². The van der Waals surface area contributed by atoms with E-state index in [1.807, 2.05) is 38.1 Å². The van der Waals surface area contributed by atoms with E-state index in [0.717, 1.165) is 11.4 Å². The van der Waals surface area contributed by atoms with E-state index < -0.39 is 0 Å². The van der Waals surface area contributed by atoms with Crippen molar-refractivity contribution in [2.24, 2.45) is 0 Å². The van der Waals surface area contributed by atoms with Crippen LogP contribution in [0.5, 0.6) is 0 Å². The Labute approximate surface area is 114 Å². The minimum absolute atomic E-state index is 0.0784. The average Bonchev–Trinajstić information content (AvgIpc) is 2.42. The first-order valence-corrected chi connectivity index (χ1v) is 6.71. The Morgan fingerprint density at radius 2 is 1.89 bits per heavy atom. The first-order chi connectivity index (χ1) is 9.24. The van der Waals surface area contributed by atoms with Crippen molar-refractivity contribution in [1.82, 2.24) is 0 Å². The van der Waals surface area contributed by atoms with Gasteiger partial charge >= 0.3 is 0 Å². The average molecular weight is 266 g/mol. The number of morpholine rings is 1. The second-order valence-corrected chi connectivity index (χ2v) is 4.37. The Balaban J connectivity index is 2.12. The van der Waals surface area contributed by atoms with Gasteiger partial charge < -0.3 is 24.8 Å². The van der Waals surface area contributed by atoms with Crippen LogP contribution in [0.2, 0.25) is 0 Å². The van der Waals surface area contributed by atoms with Crippen LogP contribution in [0.1, 0.15) is 13.8 Å². The predicted molar refractivity (Wildman–Crippen MR) is 75.0 cm³/mol. The van der Waals surface area contributed by atoms with E-state index >= 15 is 0 Å². The SMILES string of the molecule is CCO[C@H]1CN(c2ccc(N)cc2)[C@@H](OCC)CO1. The van der Waals surface area contributed by atoms with E-state index in [0.29, 0.717) is 26.4 Å². The molecule has 1 aliphatic heterocycles. The quantitative estimate of drug-likeness (QED) is 0.824. The molecule has 0 radical (unpaired) electrons. The summed E-state index contributed by atoms with van der Waals surface area (Å²) in [6.07, 6.45) is -0.287. The van der Waals surface area contributed by atoms with Crippen LogP contribution in [0.25, 0.3) is 0 Å². The van der Waals surface area contributed by atoms with E-state index in [4.69, 9.17) is 19.9 Å². The van der Waals surface area contributed by atoms with E-state index in [1.165, 1.54) is 0 Å². The minimum Gasteiger partial charge on any atom is -0.399 e. The van der Waals surface area contributed by atoms with E-state index in [2.05, 4.69) is 4.90 Å². The van der Waals surface area contributed by atoms with Gasteiger partial charge in [-0.05, 0) is 38.1 Å². The molecule has 2 atom stereocenters. The zero-order chi connectivity index (χ0) is 13.7. The van der Waals surface area contributed by atoms with Gasteiger partial charge in [0.05, 0.1) is 13.2 Å². The van der Waals surface area contributed by atoms with Gasteiger partial charge in [-0.25, -0.2) is 0 Å². The molecular weight excluding hydrogens is 244 g/mol. The molecule has 5 nitrogen and oxygen atoms in total. The lowest BCUT2D eigenvalue weighted by molar-refractivity contribution is -0.179. The van der Waals surface area contributed by atoms with Crippen LogP contribution in [0.3, 0.4) is 0 Å². The maximum Gasteiger partial charge on any atom is 0.175 e. The van der Waals surface area contributed by atoms with Gasteiger partial charge in [0.1, 0.15) is 0 Å². The first kappa shape index (κ1) is 14.1. The molecule has 0 amide bonds. The van der Waals surface area contributed by atoms with Gasteiger partial charge in [0, 0.05) is 24.6 Å². The van der Waals surface area contributed by atoms with Crippen LogP contribution in [0, 0.1) is 0 Å². The van der Waals surface area contributed by atoms with Crippen molar-refractivity contribution in [3.63, 3.8) is 0 Å². The van der Waals surface area contributed by atoms with E-state index in [-0.39, 0.29) is 12.5 Å². The fourth-order valence-corrected chi connectivity index (χ4v) is 2.17. The highest BCUT2D eigenvalue weighted by Crippen LogP contribution is 2.24. The molecular formula is C14H22N2O3. The van der Waals surface area contributed by atoms with Crippen molar-refractivity contribution < 1.29 is 14.2 Å². The molecule has 2 N–H and O–H groups in total. The summed E-state index contributed by atoms with van der Waals surface area (Å²) in [7, 11) is 0. The molecule has 1 aliphatic rings. The molecule has 0 bridgehead atoms. The lowest BCUT2D eigenvalue weighted by Gasteiger charge is -2.40. The predicted octanol–water partition coefficient (Wildman–Crippen LogP) is 1.83. The Hall–Kier alpha value is -1.30. The van der Waals surface area contributed by atoms with Gasteiger partial charge in [-0.3, -0.25) is 0 Å². The Morgan fingerprint density at radius 3 is 2.53 bits per heavy atom. The lowest BCUT2D eigenvalue weighted by atomic mass is 10.2. The van der Waals surface area contributed by atoms with Gasteiger partial charge in [-0.1, -0.05) is 0 Å². The summed E-state index contributed by atoms with van der Waals surface area (Å²) in [4.78, 5) is 2.16. The second kappa shape index (κ2) is 6.75. The van der Waals surface area contributed by atoms with Crippen molar-refractivity contribution in [2.45, 2.75) is 26.4 Å². The summed E-state index contributed by atoms with van der Waals surface area (Å²) in [6.45, 7) is 6.39. The largest absolute Gasteiger partial charge is 0.399 e. The number of ether oxygens (including phenoxy) is 3. The standard InChI is InChI=1S/C14H22N2O3/c1-3-17-13-10-19-14(18-4-2)9-16(13)12-7-5-11(15)6-8-12/h5-8,13-14H,3-4,9-10,15H2,1-2H3/t13-,14+/m0/s1. The van der Waals surface area contributed by atoms with E-state index in [9.17, 15) is 0 Å². The summed E-state index contributed by atoms with van der Waals surface area (Å²) in [6, 6.07) is 7.78. The molecule has 1 saturated heterocycles. The number of anilines is 2. The molecule has 2 rings (SSSR count). The molecule has 5 heteroatoms. The zero-order valence-corrected chi connectivity index (χ0v) is 11.5. The van der Waals surface area contributed by atoms with Crippen LogP contribution in [-0.2, 0) is 14.2 Å². The van der Waals surface area contributed by atoms with Crippen molar-refractivity contribution >= 4 is 11.4 Å². The van der Waals surface area contributed by atoms with Crippen molar-refractivity contribution in [3.8, 4) is 0 Å². The molecule has 1 aromatic rings. The highest BCUT2D eigenvalue weighted by atomic mass is 16.7. The van der Waals surface area contributed by atoms with Crippen molar-refractivity contribution in [3.05, 3.63) is 24.3 Å². The number of hydrogen-bond donors (Lipinski definition) is 1. The maximum atomic E-state index is 5.73. The van der Waals surface area contributed by atoms with Gasteiger partial charge in [-0.2, -0.15) is 0 Å². The number of hydrogen-bond acceptors (Lipinski definition) is 5. The minimum atomic E-state index is -0.209. The van der Waals surface area contributed by atoms with Gasteiger partial charge in [0.15, 0.2) is 12.5 Å². The summed E-state index contributed by atoms with van der Waals surface area (Å²) in [5, 5.41) is 0. The fourth-order valence-electron chi connectivity index (χ4n) is 2.17. The number of nitrogens with zero attached hydrogens (tertiary/aromatic N) is 1. The Morgan fingerprint density at radius 1 is 1.21 bits per heavy atom. The van der Waals surface area contributed by atoms with Crippen LogP contribution in [-0.4, -0.2) is 38.9 Å². The Bertz CT molecular complexity index is 383. The third-order valence-corrected chi connectivity index (χ3v) is 3.05. The summed E-state index contributed by atoms with van der Waals surface area (Å²) in [5.41, 5.74) is 7.55. The lowest BCUT2D eigenvalue weighted by Crippen LogP contribution is -2.52. The molecule has 0 unspecified atom stereocenters. The van der Waals surface area contributed by atoms with Gasteiger partial charge in [0.2, 0.25) is 0 Å². The monoisotopic (exact) mass is 266 g/mol. The van der Waals surface area contributed by atoms with E-state index in [1.54, 1.807) is 0 Å². The normalized spacial score (nSPS) is 23.6. The molecule has 0 aliphatic carbocycles. The fraction of sp³-hybridized carbons (Fsp3) is 0.571. The summed E-state index contributed by atoms with van der Waals surface area (Å²) >= 11 is 0. The summed E-state index contributed by atoms with van der Waals surface area (Å²) in [5.74, 6) is 0. The molecule has 19 heavy (non-hydrogen) atoms. The highest BCUT2D eigenvalue weighted by molar-refractivity contribution is 5.53. The van der Waals surface area contributed by atoms with Crippen molar-refractivity contribution in [2.75, 3.05) is 37.0 Å². The number of nitrogens with two attached hydrogens (primary N) is 1. The third kappa shape index (κ3) is 3.59. The molecule has 1 heterocycles. The molecule has 0 spiro atoms. The third-order valence-electron chi connectivity index (χ3n) is 3.05. The second-order valence-electron chi connectivity index (χ2n) is 4.37. The topological polar surface area (TPSA) is 57.0 Å². The van der Waals surface area contributed by atoms with Crippen LogP contribution in [0.15, 0.2) is 24.3 Å². The molecule has 0 saturated carbocycles. The highest BCUT2D eigenvalue weighted by Gasteiger charge is 2.29. The van der Waals surface area contributed by atoms with Crippen LogP contribution < -0.4 is 10.6 Å². The number of rotatable bonds is 5. The van der Waals surface area contributed by atoms with Gasteiger partial charge in [0.25, 0.3) is 0 Å². The Kier molecular flexibility index (Phi) is 5.01. The summed E-state index contributed by atoms with van der Waals surface area (Å²) < 4.78 is 16.9.